The number of fused-ring (bicyclic) bond motifs is 2. The van der Waals surface area contributed by atoms with Gasteiger partial charge in [0.1, 0.15) is 17.2 Å². The zero-order valence-corrected chi connectivity index (χ0v) is 16.1. The number of ether oxygens (including phenoxy) is 2. The first-order valence-corrected chi connectivity index (χ1v) is 9.63. The summed E-state index contributed by atoms with van der Waals surface area (Å²) in [6.07, 6.45) is 0.899. The molecule has 1 amide bonds. The fourth-order valence-electron chi connectivity index (χ4n) is 3.57. The van der Waals surface area contributed by atoms with Gasteiger partial charge in [-0.05, 0) is 43.2 Å². The van der Waals surface area contributed by atoms with Crippen LogP contribution in [0.25, 0.3) is 0 Å². The van der Waals surface area contributed by atoms with Crippen molar-refractivity contribution in [2.75, 3.05) is 11.9 Å². The van der Waals surface area contributed by atoms with E-state index in [0.29, 0.717) is 18.0 Å². The number of rotatable bonds is 5. The van der Waals surface area contributed by atoms with Crippen molar-refractivity contribution in [1.29, 1.82) is 0 Å². The Labute approximate surface area is 165 Å². The zero-order valence-electron chi connectivity index (χ0n) is 16.1. The second-order valence-corrected chi connectivity index (χ2v) is 6.72. The van der Waals surface area contributed by atoms with Crippen LogP contribution in [0, 0.1) is 0 Å². The van der Waals surface area contributed by atoms with E-state index in [1.165, 1.54) is 5.56 Å². The Morgan fingerprint density at radius 1 is 0.964 bits per heavy atom. The molecule has 0 fully saturated rings. The highest BCUT2D eigenvalue weighted by molar-refractivity contribution is 6.00. The minimum atomic E-state index is -0.443. The summed E-state index contributed by atoms with van der Waals surface area (Å²) in [5.41, 5.74) is 3.61. The molecule has 0 spiro atoms. The molecule has 4 nitrogen and oxygen atoms in total. The molecule has 1 atom stereocenters. The van der Waals surface area contributed by atoms with Gasteiger partial charge in [-0.25, -0.2) is 0 Å². The Morgan fingerprint density at radius 2 is 1.71 bits per heavy atom. The molecule has 142 valence electrons. The van der Waals surface area contributed by atoms with E-state index in [0.717, 1.165) is 29.0 Å². The molecule has 3 aromatic carbocycles. The van der Waals surface area contributed by atoms with E-state index in [-0.39, 0.29) is 5.91 Å². The summed E-state index contributed by atoms with van der Waals surface area (Å²) in [7, 11) is 0. The molecule has 4 rings (SSSR count). The second-order valence-electron chi connectivity index (χ2n) is 6.72. The average Bonchev–Trinajstić information content (AvgIpc) is 2.73. The molecule has 0 bridgehead atoms. The van der Waals surface area contributed by atoms with Crippen molar-refractivity contribution >= 4 is 11.6 Å². The third-order valence-corrected chi connectivity index (χ3v) is 4.95. The van der Waals surface area contributed by atoms with Crippen LogP contribution >= 0.6 is 0 Å². The van der Waals surface area contributed by atoms with Crippen LogP contribution in [-0.4, -0.2) is 12.5 Å². The van der Waals surface area contributed by atoms with Gasteiger partial charge in [0.25, 0.3) is 0 Å². The van der Waals surface area contributed by atoms with Crippen LogP contribution in [0.5, 0.6) is 17.2 Å². The molecule has 3 aromatic rings. The molecule has 28 heavy (non-hydrogen) atoms. The summed E-state index contributed by atoms with van der Waals surface area (Å²) in [5, 5.41) is 3.06. The van der Waals surface area contributed by atoms with Crippen LogP contribution in [-0.2, 0) is 11.2 Å². The van der Waals surface area contributed by atoms with E-state index in [1.807, 2.05) is 67.6 Å². The van der Waals surface area contributed by atoms with Gasteiger partial charge in [0.05, 0.1) is 18.2 Å². The molecule has 0 saturated carbocycles. The quantitative estimate of drug-likeness (QED) is 0.640. The van der Waals surface area contributed by atoms with Crippen molar-refractivity contribution in [3.8, 4) is 17.2 Å². The van der Waals surface area contributed by atoms with Crippen LogP contribution in [0.4, 0.5) is 5.69 Å². The van der Waals surface area contributed by atoms with E-state index in [1.54, 1.807) is 0 Å². The topological polar surface area (TPSA) is 47.6 Å². The summed E-state index contributed by atoms with van der Waals surface area (Å²) < 4.78 is 11.7. The number of benzene rings is 3. The largest absolute Gasteiger partial charge is 0.492 e. The first-order valence-electron chi connectivity index (χ1n) is 9.63. The standard InChI is InChI=1S/C24H23NO3/c1-3-16-13-14-21-18(15-16)23(17-9-5-7-11-20(17)28-21)24(26)25-19-10-6-8-12-22(19)27-4-2/h5-15,23H,3-4H2,1-2H3,(H,25,26). The van der Waals surface area contributed by atoms with Crippen LogP contribution in [0.3, 0.4) is 0 Å². The normalized spacial score (nSPS) is 14.4. The minimum absolute atomic E-state index is 0.0996. The number of para-hydroxylation sites is 3. The highest BCUT2D eigenvalue weighted by Gasteiger charge is 2.33. The van der Waals surface area contributed by atoms with E-state index in [2.05, 4.69) is 18.3 Å². The number of hydrogen-bond acceptors (Lipinski definition) is 3. The number of anilines is 1. The van der Waals surface area contributed by atoms with Crippen LogP contribution in [0.15, 0.2) is 66.7 Å². The van der Waals surface area contributed by atoms with E-state index < -0.39 is 5.92 Å². The van der Waals surface area contributed by atoms with Crippen molar-refractivity contribution < 1.29 is 14.3 Å². The molecule has 0 saturated heterocycles. The lowest BCUT2D eigenvalue weighted by molar-refractivity contribution is -0.116. The lowest BCUT2D eigenvalue weighted by Crippen LogP contribution is -2.25. The van der Waals surface area contributed by atoms with Gasteiger partial charge < -0.3 is 14.8 Å². The predicted octanol–water partition coefficient (Wildman–Crippen LogP) is 5.52. The molecule has 0 aliphatic carbocycles. The summed E-state index contributed by atoms with van der Waals surface area (Å²) in [6, 6.07) is 21.3. The summed E-state index contributed by atoms with van der Waals surface area (Å²) in [4.78, 5) is 13.4. The maximum atomic E-state index is 13.4. The number of nitrogens with one attached hydrogen (secondary N) is 1. The smallest absolute Gasteiger partial charge is 0.236 e. The Hall–Kier alpha value is -3.27. The van der Waals surface area contributed by atoms with Gasteiger partial charge in [-0.1, -0.05) is 49.4 Å². The first-order chi connectivity index (χ1) is 13.7. The molecule has 0 aromatic heterocycles. The molecule has 1 heterocycles. The third kappa shape index (κ3) is 3.33. The van der Waals surface area contributed by atoms with Gasteiger partial charge in [-0.3, -0.25) is 4.79 Å². The highest BCUT2D eigenvalue weighted by Crippen LogP contribution is 2.45. The number of aryl methyl sites for hydroxylation is 1. The SMILES string of the molecule is CCOc1ccccc1NC(=O)C1c2ccccc2Oc2ccc(CC)cc21. The Bertz CT molecular complexity index is 1010. The van der Waals surface area contributed by atoms with Crippen molar-refractivity contribution in [3.05, 3.63) is 83.4 Å². The molecule has 1 aliphatic heterocycles. The van der Waals surface area contributed by atoms with Crippen molar-refractivity contribution in [2.24, 2.45) is 0 Å². The van der Waals surface area contributed by atoms with E-state index in [9.17, 15) is 4.79 Å². The maximum Gasteiger partial charge on any atom is 0.236 e. The van der Waals surface area contributed by atoms with Crippen LogP contribution < -0.4 is 14.8 Å². The molecule has 0 radical (unpaired) electrons. The van der Waals surface area contributed by atoms with Crippen molar-refractivity contribution in [1.82, 2.24) is 0 Å². The van der Waals surface area contributed by atoms with E-state index >= 15 is 0 Å². The number of carbonyl (C=O) groups excluding carboxylic acids is 1. The molecule has 1 unspecified atom stereocenters. The first kappa shape index (κ1) is 18.1. The maximum absolute atomic E-state index is 13.4. The van der Waals surface area contributed by atoms with Crippen molar-refractivity contribution in [3.63, 3.8) is 0 Å². The Morgan fingerprint density at radius 3 is 2.54 bits per heavy atom. The molecule has 1 aliphatic rings. The molecular weight excluding hydrogens is 350 g/mol. The van der Waals surface area contributed by atoms with Gasteiger partial charge in [0.15, 0.2) is 0 Å². The number of amides is 1. The van der Waals surface area contributed by atoms with Gasteiger partial charge in [0.2, 0.25) is 5.91 Å². The lowest BCUT2D eigenvalue weighted by Gasteiger charge is -2.28. The minimum Gasteiger partial charge on any atom is -0.492 e. The molecule has 4 heteroatoms. The zero-order chi connectivity index (χ0) is 19.5. The summed E-state index contributed by atoms with van der Waals surface area (Å²) in [6.45, 7) is 4.57. The monoisotopic (exact) mass is 373 g/mol. The highest BCUT2D eigenvalue weighted by atomic mass is 16.5. The Kier molecular flexibility index (Phi) is 5.02. The van der Waals surface area contributed by atoms with Gasteiger partial charge in [-0.15, -0.1) is 0 Å². The molecule has 1 N–H and O–H groups in total. The van der Waals surface area contributed by atoms with Gasteiger partial charge >= 0.3 is 0 Å². The number of hydrogen-bond donors (Lipinski definition) is 1. The summed E-state index contributed by atoms with van der Waals surface area (Å²) >= 11 is 0. The van der Waals surface area contributed by atoms with Crippen molar-refractivity contribution in [2.45, 2.75) is 26.2 Å². The van der Waals surface area contributed by atoms with Crippen LogP contribution in [0.1, 0.15) is 36.5 Å². The average molecular weight is 373 g/mol. The Balaban J connectivity index is 1.75. The molecular formula is C24H23NO3. The summed E-state index contributed by atoms with van der Waals surface area (Å²) in [5.74, 6) is 1.58. The fraction of sp³-hybridized carbons (Fsp3) is 0.208. The fourth-order valence-corrected chi connectivity index (χ4v) is 3.57. The predicted molar refractivity (Wildman–Crippen MR) is 110 cm³/mol. The van der Waals surface area contributed by atoms with Crippen LogP contribution in [0.2, 0.25) is 0 Å². The second kappa shape index (κ2) is 7.77. The van der Waals surface area contributed by atoms with Gasteiger partial charge in [0, 0.05) is 11.1 Å². The van der Waals surface area contributed by atoms with E-state index in [4.69, 9.17) is 9.47 Å². The third-order valence-electron chi connectivity index (χ3n) is 4.95. The number of carbonyl (C=O) groups is 1. The lowest BCUT2D eigenvalue weighted by atomic mass is 9.86. The van der Waals surface area contributed by atoms with Gasteiger partial charge in [-0.2, -0.15) is 0 Å².